The van der Waals surface area contributed by atoms with Gasteiger partial charge in [0.2, 0.25) is 5.91 Å². The molecule has 0 atom stereocenters. The number of halogens is 1. The summed E-state index contributed by atoms with van der Waals surface area (Å²) in [5.74, 6) is 0.0801. The Bertz CT molecular complexity index is 1210. The van der Waals surface area contributed by atoms with E-state index in [2.05, 4.69) is 6.07 Å². The molecule has 0 bridgehead atoms. The maximum Gasteiger partial charge on any atom is 0.244 e. The molecular weight excluding hydrogens is 464 g/mol. The average molecular weight is 489 g/mol. The van der Waals surface area contributed by atoms with E-state index >= 15 is 0 Å². The average Bonchev–Trinajstić information content (AvgIpc) is 3.47. The molecule has 32 heavy (non-hydrogen) atoms. The molecule has 1 aromatic heterocycles. The summed E-state index contributed by atoms with van der Waals surface area (Å²) in [5.41, 5.74) is 1.02. The number of rotatable bonds is 4. The molecule has 0 N–H and O–H groups in total. The van der Waals surface area contributed by atoms with Crippen LogP contribution in [0.1, 0.15) is 49.5 Å². The van der Waals surface area contributed by atoms with Crippen LogP contribution < -0.4 is 0 Å². The summed E-state index contributed by atoms with van der Waals surface area (Å²) in [7, 11) is -3.81. The van der Waals surface area contributed by atoms with Gasteiger partial charge in [-0.1, -0.05) is 36.6 Å². The van der Waals surface area contributed by atoms with E-state index in [1.807, 2.05) is 18.2 Å². The lowest BCUT2D eigenvalue weighted by Gasteiger charge is -2.37. The lowest BCUT2D eigenvalue weighted by Crippen LogP contribution is -2.54. The van der Waals surface area contributed by atoms with Gasteiger partial charge in [-0.2, -0.15) is 0 Å². The zero-order chi connectivity index (χ0) is 22.3. The first-order valence-corrected chi connectivity index (χ1v) is 13.7. The van der Waals surface area contributed by atoms with E-state index in [0.717, 1.165) is 36.2 Å². The number of hydrogen-bond acceptors (Lipinski definition) is 5. The number of para-hydroxylation sites is 1. The van der Waals surface area contributed by atoms with Gasteiger partial charge in [0.25, 0.3) is 0 Å². The van der Waals surface area contributed by atoms with Crippen LogP contribution >= 0.6 is 22.9 Å². The third-order valence-corrected chi connectivity index (χ3v) is 10.8. The molecule has 0 radical (unpaired) electrons. The Morgan fingerprint density at radius 3 is 2.34 bits per heavy atom. The van der Waals surface area contributed by atoms with Crippen molar-refractivity contribution in [2.24, 2.45) is 0 Å². The van der Waals surface area contributed by atoms with Gasteiger partial charge >= 0.3 is 0 Å². The molecule has 0 spiro atoms. The molecule has 1 amide bonds. The smallest absolute Gasteiger partial charge is 0.244 e. The van der Waals surface area contributed by atoms with Crippen molar-refractivity contribution in [3.05, 3.63) is 58.6 Å². The summed E-state index contributed by atoms with van der Waals surface area (Å²) in [5, 5.41) is 1.59. The van der Waals surface area contributed by atoms with E-state index in [9.17, 15) is 13.2 Å². The largest absolute Gasteiger partial charge is 0.341 e. The van der Waals surface area contributed by atoms with Crippen molar-refractivity contribution < 1.29 is 13.2 Å². The second-order valence-corrected chi connectivity index (χ2v) is 12.5. The van der Waals surface area contributed by atoms with Gasteiger partial charge in [0.05, 0.1) is 20.1 Å². The van der Waals surface area contributed by atoms with Gasteiger partial charge in [-0.05, 0) is 62.1 Å². The van der Waals surface area contributed by atoms with Gasteiger partial charge in [0.1, 0.15) is 0 Å². The number of sulfone groups is 1. The number of piperidine rings is 1. The highest BCUT2D eigenvalue weighted by Crippen LogP contribution is 2.43. The van der Waals surface area contributed by atoms with Crippen LogP contribution in [0.5, 0.6) is 0 Å². The molecule has 2 aromatic carbocycles. The summed E-state index contributed by atoms with van der Waals surface area (Å²) in [4.78, 5) is 20.5. The molecule has 3 aromatic rings. The van der Waals surface area contributed by atoms with Gasteiger partial charge in [-0.3, -0.25) is 4.79 Å². The Balaban J connectivity index is 1.36. The number of carbonyl (C=O) groups is 1. The quantitative estimate of drug-likeness (QED) is 0.490. The topological polar surface area (TPSA) is 67.3 Å². The van der Waals surface area contributed by atoms with Crippen LogP contribution in [-0.4, -0.2) is 42.0 Å². The normalized spacial score (nSPS) is 19.5. The maximum atomic E-state index is 13.7. The summed E-state index contributed by atoms with van der Waals surface area (Å²) in [6.07, 6.45) is 3.88. The van der Waals surface area contributed by atoms with Crippen molar-refractivity contribution in [2.45, 2.75) is 54.1 Å². The van der Waals surface area contributed by atoms with Crippen LogP contribution in [0.3, 0.4) is 0 Å². The SMILES string of the molecule is O=C(N1CCC(c2nc3ccccc3s2)CC1)C1(S(=O)(=O)c2ccc(Cl)cc2)CCCC1. The summed E-state index contributed by atoms with van der Waals surface area (Å²) in [6.45, 7) is 1.13. The predicted octanol–water partition coefficient (Wildman–Crippen LogP) is 5.44. The number of benzene rings is 2. The minimum Gasteiger partial charge on any atom is -0.341 e. The Hall–Kier alpha value is -1.96. The Morgan fingerprint density at radius 1 is 1.03 bits per heavy atom. The highest BCUT2D eigenvalue weighted by molar-refractivity contribution is 7.93. The molecule has 2 aliphatic rings. The molecule has 8 heteroatoms. The number of amides is 1. The van der Waals surface area contributed by atoms with Gasteiger partial charge < -0.3 is 4.90 Å². The van der Waals surface area contributed by atoms with Crippen LogP contribution in [0, 0.1) is 0 Å². The number of fused-ring (bicyclic) bond motifs is 1. The predicted molar refractivity (Wildman–Crippen MR) is 128 cm³/mol. The van der Waals surface area contributed by atoms with E-state index in [1.165, 1.54) is 16.8 Å². The minimum atomic E-state index is -3.81. The molecule has 1 saturated carbocycles. The van der Waals surface area contributed by atoms with Crippen molar-refractivity contribution in [3.8, 4) is 0 Å². The van der Waals surface area contributed by atoms with Crippen LogP contribution in [0.25, 0.3) is 10.2 Å². The van der Waals surface area contributed by atoms with Crippen molar-refractivity contribution >= 4 is 48.9 Å². The fourth-order valence-electron chi connectivity index (χ4n) is 5.07. The number of aromatic nitrogens is 1. The van der Waals surface area contributed by atoms with Crippen LogP contribution in [0.2, 0.25) is 5.02 Å². The van der Waals surface area contributed by atoms with Crippen molar-refractivity contribution in [1.29, 1.82) is 0 Å². The van der Waals surface area contributed by atoms with Crippen LogP contribution in [0.15, 0.2) is 53.4 Å². The Kier molecular flexibility index (Phi) is 5.76. The highest BCUT2D eigenvalue weighted by Gasteiger charge is 2.54. The van der Waals surface area contributed by atoms with E-state index in [0.29, 0.717) is 36.9 Å². The summed E-state index contributed by atoms with van der Waals surface area (Å²) >= 11 is 7.68. The minimum absolute atomic E-state index is 0.182. The maximum absolute atomic E-state index is 13.7. The molecule has 1 aliphatic heterocycles. The number of likely N-dealkylation sites (tertiary alicyclic amines) is 1. The van der Waals surface area contributed by atoms with Crippen molar-refractivity contribution in [2.75, 3.05) is 13.1 Å². The lowest BCUT2D eigenvalue weighted by atomic mass is 9.95. The van der Waals surface area contributed by atoms with E-state index in [-0.39, 0.29) is 10.8 Å². The Morgan fingerprint density at radius 2 is 1.69 bits per heavy atom. The first-order chi connectivity index (χ1) is 15.4. The number of nitrogens with zero attached hydrogens (tertiary/aromatic N) is 2. The van der Waals surface area contributed by atoms with Crippen molar-refractivity contribution in [3.63, 3.8) is 0 Å². The van der Waals surface area contributed by atoms with E-state index in [1.54, 1.807) is 28.4 Å². The lowest BCUT2D eigenvalue weighted by molar-refractivity contribution is -0.135. The first kappa shape index (κ1) is 21.9. The van der Waals surface area contributed by atoms with Gasteiger partial charge in [0, 0.05) is 24.0 Å². The van der Waals surface area contributed by atoms with Crippen LogP contribution in [-0.2, 0) is 14.6 Å². The molecule has 168 valence electrons. The summed E-state index contributed by atoms with van der Waals surface area (Å²) in [6, 6.07) is 14.3. The van der Waals surface area contributed by atoms with Gasteiger partial charge in [-0.15, -0.1) is 11.3 Å². The summed E-state index contributed by atoms with van der Waals surface area (Å²) < 4.78 is 27.1. The monoisotopic (exact) mass is 488 g/mol. The molecule has 1 saturated heterocycles. The fourth-order valence-corrected chi connectivity index (χ4v) is 8.46. The van der Waals surface area contributed by atoms with Gasteiger partial charge in [-0.25, -0.2) is 13.4 Å². The number of hydrogen-bond donors (Lipinski definition) is 0. The standard InChI is InChI=1S/C24H25ClN2O3S2/c25-18-7-9-19(10-8-18)32(29,30)24(13-3-4-14-24)23(28)27-15-11-17(12-16-27)22-26-20-5-1-2-6-21(20)31-22/h1-2,5-10,17H,3-4,11-16H2. The molecule has 5 rings (SSSR count). The molecular formula is C24H25ClN2O3S2. The third-order valence-electron chi connectivity index (χ3n) is 6.88. The second-order valence-electron chi connectivity index (χ2n) is 8.75. The number of carbonyl (C=O) groups excluding carboxylic acids is 1. The second kappa shape index (κ2) is 8.43. The zero-order valence-electron chi connectivity index (χ0n) is 17.7. The van der Waals surface area contributed by atoms with Gasteiger partial charge in [0.15, 0.2) is 14.6 Å². The molecule has 0 unspecified atom stereocenters. The number of thiazole rings is 1. The van der Waals surface area contributed by atoms with Crippen molar-refractivity contribution in [1.82, 2.24) is 9.88 Å². The molecule has 1 aliphatic carbocycles. The highest BCUT2D eigenvalue weighted by atomic mass is 35.5. The fraction of sp³-hybridized carbons (Fsp3) is 0.417. The Labute approximate surface area is 197 Å². The zero-order valence-corrected chi connectivity index (χ0v) is 20.1. The molecule has 2 fully saturated rings. The van der Waals surface area contributed by atoms with Crippen LogP contribution in [0.4, 0.5) is 0 Å². The third kappa shape index (κ3) is 3.64. The molecule has 5 nitrogen and oxygen atoms in total. The molecule has 2 heterocycles. The van der Waals surface area contributed by atoms with E-state index < -0.39 is 14.6 Å². The first-order valence-electron chi connectivity index (χ1n) is 11.1. The van der Waals surface area contributed by atoms with E-state index in [4.69, 9.17) is 16.6 Å².